The molecule has 0 fully saturated rings. The normalized spacial score (nSPS) is 11.1. The summed E-state index contributed by atoms with van der Waals surface area (Å²) in [6, 6.07) is 13.8. The fourth-order valence-corrected chi connectivity index (χ4v) is 4.54. The number of halogens is 1. The van der Waals surface area contributed by atoms with Crippen molar-refractivity contribution in [3.05, 3.63) is 52.6 Å². The molecule has 0 saturated carbocycles. The number of hydrogen-bond acceptors (Lipinski definition) is 6. The standard InChI is InChI=1S/C18H12ClNO3S2/c1-22-16(21)9-11-17(13-6-7-15(19)25-13)20-18(23-11)14-8-10-4-2-3-5-12(10)24-14/h2-8H,9H2,1H3. The van der Waals surface area contributed by atoms with Crippen LogP contribution in [0.3, 0.4) is 0 Å². The summed E-state index contributed by atoms with van der Waals surface area (Å²) >= 11 is 9.04. The number of thiophene rings is 2. The molecule has 4 aromatic rings. The van der Waals surface area contributed by atoms with Gasteiger partial charge < -0.3 is 9.15 Å². The van der Waals surface area contributed by atoms with Crippen LogP contribution in [-0.2, 0) is 16.0 Å². The summed E-state index contributed by atoms with van der Waals surface area (Å²) in [6.45, 7) is 0. The predicted molar refractivity (Wildman–Crippen MR) is 101 cm³/mol. The third-order valence-electron chi connectivity index (χ3n) is 3.67. The molecule has 0 unspecified atom stereocenters. The van der Waals surface area contributed by atoms with Gasteiger partial charge in [0.1, 0.15) is 17.9 Å². The number of aromatic nitrogens is 1. The van der Waals surface area contributed by atoms with Gasteiger partial charge in [-0.2, -0.15) is 0 Å². The summed E-state index contributed by atoms with van der Waals surface area (Å²) < 4.78 is 12.5. The first-order chi connectivity index (χ1) is 12.1. The molecule has 4 nitrogen and oxygen atoms in total. The lowest BCUT2D eigenvalue weighted by atomic mass is 10.2. The fourth-order valence-electron chi connectivity index (χ4n) is 2.50. The van der Waals surface area contributed by atoms with Gasteiger partial charge in [-0.1, -0.05) is 29.8 Å². The molecule has 3 heterocycles. The second-order valence-corrected chi connectivity index (χ2v) is 8.09. The van der Waals surface area contributed by atoms with E-state index in [1.54, 1.807) is 17.4 Å². The molecule has 1 aromatic carbocycles. The van der Waals surface area contributed by atoms with E-state index in [0.717, 1.165) is 19.8 Å². The highest BCUT2D eigenvalue weighted by Crippen LogP contribution is 2.38. The maximum Gasteiger partial charge on any atom is 0.313 e. The second-order valence-electron chi connectivity index (χ2n) is 5.30. The highest BCUT2D eigenvalue weighted by Gasteiger charge is 2.21. The quantitative estimate of drug-likeness (QED) is 0.423. The zero-order valence-corrected chi connectivity index (χ0v) is 15.5. The Labute approximate surface area is 156 Å². The molecule has 126 valence electrons. The third-order valence-corrected chi connectivity index (χ3v) is 6.01. The first-order valence-electron chi connectivity index (χ1n) is 7.45. The lowest BCUT2D eigenvalue weighted by molar-refractivity contribution is -0.140. The fraction of sp³-hybridized carbons (Fsp3) is 0.111. The topological polar surface area (TPSA) is 52.3 Å². The zero-order valence-electron chi connectivity index (χ0n) is 13.1. The molecule has 7 heteroatoms. The van der Waals surface area contributed by atoms with Crippen molar-refractivity contribution in [2.75, 3.05) is 7.11 Å². The molecule has 4 rings (SSSR count). The van der Waals surface area contributed by atoms with Gasteiger partial charge in [0.25, 0.3) is 0 Å². The Hall–Kier alpha value is -2.15. The van der Waals surface area contributed by atoms with Gasteiger partial charge in [-0.25, -0.2) is 4.98 Å². The van der Waals surface area contributed by atoms with Gasteiger partial charge in [-0.15, -0.1) is 22.7 Å². The summed E-state index contributed by atoms with van der Waals surface area (Å²) in [5, 5.41) is 1.14. The van der Waals surface area contributed by atoms with Crippen LogP contribution in [-0.4, -0.2) is 18.1 Å². The van der Waals surface area contributed by atoms with E-state index in [1.165, 1.54) is 18.4 Å². The molecule has 0 aliphatic rings. The molecule has 0 saturated heterocycles. The maximum absolute atomic E-state index is 11.7. The number of fused-ring (bicyclic) bond motifs is 1. The SMILES string of the molecule is COC(=O)Cc1oc(-c2cc3ccccc3s2)nc1-c1ccc(Cl)s1. The van der Waals surface area contributed by atoms with E-state index in [2.05, 4.69) is 11.1 Å². The van der Waals surface area contributed by atoms with Gasteiger partial charge in [-0.3, -0.25) is 4.79 Å². The number of carbonyl (C=O) groups excluding carboxylic acids is 1. The Morgan fingerprint density at radius 1 is 1.20 bits per heavy atom. The third kappa shape index (κ3) is 3.20. The summed E-state index contributed by atoms with van der Waals surface area (Å²) in [5.74, 6) is 0.611. The van der Waals surface area contributed by atoms with Crippen molar-refractivity contribution in [1.82, 2.24) is 4.98 Å². The van der Waals surface area contributed by atoms with E-state index in [0.29, 0.717) is 21.7 Å². The number of carbonyl (C=O) groups is 1. The number of benzene rings is 1. The molecule has 0 radical (unpaired) electrons. The van der Waals surface area contributed by atoms with Crippen molar-refractivity contribution in [1.29, 1.82) is 0 Å². The van der Waals surface area contributed by atoms with Crippen LogP contribution in [0, 0.1) is 0 Å². The highest BCUT2D eigenvalue weighted by molar-refractivity contribution is 7.22. The smallest absolute Gasteiger partial charge is 0.313 e. The number of esters is 1. The van der Waals surface area contributed by atoms with Crippen molar-refractivity contribution in [2.45, 2.75) is 6.42 Å². The Bertz CT molecular complexity index is 1030. The lowest BCUT2D eigenvalue weighted by Crippen LogP contribution is -2.04. The van der Waals surface area contributed by atoms with Gasteiger partial charge in [0.2, 0.25) is 5.89 Å². The molecule has 25 heavy (non-hydrogen) atoms. The summed E-state index contributed by atoms with van der Waals surface area (Å²) in [5.41, 5.74) is 0.634. The molecule has 0 atom stereocenters. The average Bonchev–Trinajstić information content (AvgIpc) is 3.31. The number of oxazole rings is 1. The van der Waals surface area contributed by atoms with Gasteiger partial charge >= 0.3 is 5.97 Å². The van der Waals surface area contributed by atoms with E-state index in [4.69, 9.17) is 20.8 Å². The Kier molecular flexibility index (Phi) is 4.33. The average molecular weight is 390 g/mol. The van der Waals surface area contributed by atoms with Gasteiger partial charge in [0.05, 0.1) is 21.2 Å². The summed E-state index contributed by atoms with van der Waals surface area (Å²) in [6.07, 6.45) is 0.0270. The van der Waals surface area contributed by atoms with E-state index in [-0.39, 0.29) is 12.4 Å². The van der Waals surface area contributed by atoms with E-state index in [1.807, 2.05) is 30.3 Å². The number of nitrogens with zero attached hydrogens (tertiary/aromatic N) is 1. The molecule has 0 N–H and O–H groups in total. The van der Waals surface area contributed by atoms with Crippen LogP contribution in [0.25, 0.3) is 31.4 Å². The van der Waals surface area contributed by atoms with E-state index >= 15 is 0 Å². The van der Waals surface area contributed by atoms with Crippen LogP contribution in [0.2, 0.25) is 4.34 Å². The van der Waals surface area contributed by atoms with Crippen LogP contribution >= 0.6 is 34.3 Å². The summed E-state index contributed by atoms with van der Waals surface area (Å²) in [4.78, 5) is 18.1. The van der Waals surface area contributed by atoms with Crippen molar-refractivity contribution >= 4 is 50.3 Å². The molecule has 0 aliphatic heterocycles. The van der Waals surface area contributed by atoms with E-state index < -0.39 is 0 Å². The van der Waals surface area contributed by atoms with Crippen LogP contribution in [0.4, 0.5) is 0 Å². The van der Waals surface area contributed by atoms with Gasteiger partial charge in [0.15, 0.2) is 0 Å². The predicted octanol–water partition coefficient (Wildman–Crippen LogP) is 5.65. The van der Waals surface area contributed by atoms with Crippen LogP contribution in [0.5, 0.6) is 0 Å². The number of methoxy groups -OCH3 is 1. The minimum Gasteiger partial charge on any atom is -0.469 e. The van der Waals surface area contributed by atoms with Crippen LogP contribution in [0.15, 0.2) is 46.9 Å². The van der Waals surface area contributed by atoms with Crippen molar-refractivity contribution in [2.24, 2.45) is 0 Å². The molecule has 0 bridgehead atoms. The number of rotatable bonds is 4. The van der Waals surface area contributed by atoms with E-state index in [9.17, 15) is 4.79 Å². The zero-order chi connectivity index (χ0) is 17.4. The summed E-state index contributed by atoms with van der Waals surface area (Å²) in [7, 11) is 1.35. The minimum absolute atomic E-state index is 0.0270. The largest absolute Gasteiger partial charge is 0.469 e. The highest BCUT2D eigenvalue weighted by atomic mass is 35.5. The Morgan fingerprint density at radius 3 is 2.76 bits per heavy atom. The molecule has 3 aromatic heterocycles. The molecule has 0 spiro atoms. The first kappa shape index (κ1) is 16.3. The first-order valence-corrected chi connectivity index (χ1v) is 9.46. The molecular weight excluding hydrogens is 378 g/mol. The van der Waals surface area contributed by atoms with Crippen molar-refractivity contribution in [3.8, 4) is 21.3 Å². The Morgan fingerprint density at radius 2 is 2.04 bits per heavy atom. The number of ether oxygens (including phenoxy) is 1. The molecular formula is C18H12ClNO3S2. The van der Waals surface area contributed by atoms with Crippen LogP contribution in [0.1, 0.15) is 5.76 Å². The maximum atomic E-state index is 11.7. The number of hydrogen-bond donors (Lipinski definition) is 0. The molecule has 0 amide bonds. The monoisotopic (exact) mass is 389 g/mol. The second kappa shape index (κ2) is 6.63. The Balaban J connectivity index is 1.81. The van der Waals surface area contributed by atoms with Gasteiger partial charge in [0, 0.05) is 4.70 Å². The van der Waals surface area contributed by atoms with Crippen molar-refractivity contribution < 1.29 is 13.9 Å². The van der Waals surface area contributed by atoms with Gasteiger partial charge in [-0.05, 0) is 29.7 Å². The molecule has 0 aliphatic carbocycles. The lowest BCUT2D eigenvalue weighted by Gasteiger charge is -1.97. The van der Waals surface area contributed by atoms with Crippen molar-refractivity contribution in [3.63, 3.8) is 0 Å². The minimum atomic E-state index is -0.372. The van der Waals surface area contributed by atoms with Crippen LogP contribution < -0.4 is 0 Å².